The second-order valence-corrected chi connectivity index (χ2v) is 10.6. The zero-order valence-electron chi connectivity index (χ0n) is 18.6. The number of nitrogens with one attached hydrogen (secondary N) is 1. The lowest BCUT2D eigenvalue weighted by atomic mass is 10.1. The van der Waals surface area contributed by atoms with Crippen LogP contribution in [-0.2, 0) is 25.8 Å². The van der Waals surface area contributed by atoms with Crippen LogP contribution in [0.1, 0.15) is 31.4 Å². The van der Waals surface area contributed by atoms with Gasteiger partial charge < -0.3 is 15.1 Å². The van der Waals surface area contributed by atoms with Crippen LogP contribution in [0.2, 0.25) is 0 Å². The lowest BCUT2D eigenvalue weighted by Crippen LogP contribution is -2.26. The number of carbonyl (C=O) groups excluding carboxylic acids is 2. The maximum absolute atomic E-state index is 13.1. The van der Waals surface area contributed by atoms with Crippen LogP contribution in [-0.4, -0.2) is 46.1 Å². The molecule has 2 amide bonds. The van der Waals surface area contributed by atoms with Gasteiger partial charge in [-0.25, -0.2) is 8.42 Å². The quantitative estimate of drug-likeness (QED) is 0.741. The summed E-state index contributed by atoms with van der Waals surface area (Å²) < 4.78 is 26.1. The summed E-state index contributed by atoms with van der Waals surface area (Å²) in [6, 6.07) is 10.4. The van der Waals surface area contributed by atoms with Gasteiger partial charge in [-0.05, 0) is 61.7 Å². The number of fused-ring (bicyclic) bond motifs is 1. The summed E-state index contributed by atoms with van der Waals surface area (Å²) in [5.74, 6) is -0.415. The predicted octanol–water partition coefficient (Wildman–Crippen LogP) is 3.16. The van der Waals surface area contributed by atoms with Gasteiger partial charge >= 0.3 is 0 Å². The Morgan fingerprint density at radius 1 is 1.16 bits per heavy atom. The van der Waals surface area contributed by atoms with Crippen LogP contribution in [0, 0.1) is 6.92 Å². The molecule has 1 aliphatic rings. The van der Waals surface area contributed by atoms with E-state index in [4.69, 9.17) is 0 Å². The average molecular weight is 444 g/mol. The van der Waals surface area contributed by atoms with Crippen LogP contribution < -0.4 is 15.1 Å². The Kier molecular flexibility index (Phi) is 6.40. The van der Waals surface area contributed by atoms with E-state index in [1.807, 2.05) is 38.1 Å². The molecule has 0 aliphatic carbocycles. The number of nitrogens with zero attached hydrogens (tertiary/aromatic N) is 2. The van der Waals surface area contributed by atoms with E-state index in [2.05, 4.69) is 5.32 Å². The highest BCUT2D eigenvalue weighted by Gasteiger charge is 2.29. The van der Waals surface area contributed by atoms with Gasteiger partial charge in [-0.15, -0.1) is 0 Å². The van der Waals surface area contributed by atoms with Crippen molar-refractivity contribution in [1.29, 1.82) is 0 Å². The molecule has 3 rings (SSSR count). The third-order valence-corrected chi connectivity index (χ3v) is 7.77. The Morgan fingerprint density at radius 3 is 2.52 bits per heavy atom. The summed E-state index contributed by atoms with van der Waals surface area (Å²) in [7, 11) is 0.164. The first kappa shape index (κ1) is 22.8. The molecule has 31 heavy (non-hydrogen) atoms. The fourth-order valence-corrected chi connectivity index (χ4v) is 5.27. The third-order valence-electron chi connectivity index (χ3n) is 5.63. The molecule has 166 valence electrons. The van der Waals surface area contributed by atoms with Gasteiger partial charge in [0.25, 0.3) is 0 Å². The smallest absolute Gasteiger partial charge is 0.225 e. The predicted molar refractivity (Wildman–Crippen MR) is 124 cm³/mol. The highest BCUT2D eigenvalue weighted by atomic mass is 32.2. The molecule has 1 N–H and O–H groups in total. The van der Waals surface area contributed by atoms with Gasteiger partial charge in [0.15, 0.2) is 9.84 Å². The van der Waals surface area contributed by atoms with Crippen molar-refractivity contribution in [2.24, 2.45) is 0 Å². The average Bonchev–Trinajstić information content (AvgIpc) is 3.12. The zero-order chi connectivity index (χ0) is 22.9. The number of rotatable bonds is 6. The van der Waals surface area contributed by atoms with Crippen LogP contribution in [0.15, 0.2) is 41.3 Å². The maximum Gasteiger partial charge on any atom is 0.225 e. The summed E-state index contributed by atoms with van der Waals surface area (Å²) in [5.41, 5.74) is 4.29. The molecule has 0 spiro atoms. The molecular weight excluding hydrogens is 414 g/mol. The van der Waals surface area contributed by atoms with Gasteiger partial charge in [-0.3, -0.25) is 9.59 Å². The van der Waals surface area contributed by atoms with Gasteiger partial charge in [0, 0.05) is 51.0 Å². The van der Waals surface area contributed by atoms with Crippen molar-refractivity contribution >= 4 is 38.7 Å². The molecule has 0 saturated heterocycles. The van der Waals surface area contributed by atoms with E-state index in [0.29, 0.717) is 18.7 Å². The van der Waals surface area contributed by atoms with Gasteiger partial charge in [0.2, 0.25) is 11.8 Å². The van der Waals surface area contributed by atoms with Crippen molar-refractivity contribution in [3.8, 4) is 0 Å². The SMILES string of the molecule is CC(=O)N1CCc2cc(S(=O)(=O)C(C)CC(=O)Nc3ccc(C)c(N(C)C)c3)ccc21. The van der Waals surface area contributed by atoms with Crippen molar-refractivity contribution in [3.05, 3.63) is 47.5 Å². The normalized spacial score (nSPS) is 14.2. The van der Waals surface area contributed by atoms with Crippen LogP contribution in [0.3, 0.4) is 0 Å². The molecule has 1 aliphatic heterocycles. The lowest BCUT2D eigenvalue weighted by molar-refractivity contribution is -0.117. The standard InChI is InChI=1S/C23H29N3O4S/c1-15-6-7-19(14-22(15)25(4)5)24-23(28)12-16(2)31(29,30)20-8-9-21-18(13-20)10-11-26(21)17(3)27/h6-9,13-14,16H,10-12H2,1-5H3,(H,24,28). The van der Waals surface area contributed by atoms with Gasteiger partial charge in [0.1, 0.15) is 0 Å². The molecule has 0 saturated carbocycles. The Bertz CT molecular complexity index is 1130. The van der Waals surface area contributed by atoms with Crippen molar-refractivity contribution < 1.29 is 18.0 Å². The second kappa shape index (κ2) is 8.70. The van der Waals surface area contributed by atoms with E-state index in [9.17, 15) is 18.0 Å². The van der Waals surface area contributed by atoms with Gasteiger partial charge in [0.05, 0.1) is 10.1 Å². The molecule has 1 atom stereocenters. The Morgan fingerprint density at radius 2 is 1.87 bits per heavy atom. The zero-order valence-corrected chi connectivity index (χ0v) is 19.4. The topological polar surface area (TPSA) is 86.8 Å². The van der Waals surface area contributed by atoms with Crippen LogP contribution >= 0.6 is 0 Å². The molecule has 0 fully saturated rings. The second-order valence-electron chi connectivity index (χ2n) is 8.21. The van der Waals surface area contributed by atoms with Crippen LogP contribution in [0.4, 0.5) is 17.1 Å². The Hall–Kier alpha value is -2.87. The van der Waals surface area contributed by atoms with Crippen molar-refractivity contribution in [2.75, 3.05) is 35.8 Å². The van der Waals surface area contributed by atoms with E-state index < -0.39 is 15.1 Å². The summed E-state index contributed by atoms with van der Waals surface area (Å²) in [5, 5.41) is 1.92. The third kappa shape index (κ3) is 4.74. The summed E-state index contributed by atoms with van der Waals surface area (Å²) >= 11 is 0. The van der Waals surface area contributed by atoms with Crippen LogP contribution in [0.5, 0.6) is 0 Å². The minimum absolute atomic E-state index is 0.0621. The monoisotopic (exact) mass is 443 g/mol. The highest BCUT2D eigenvalue weighted by molar-refractivity contribution is 7.92. The van der Waals surface area contributed by atoms with Crippen molar-refractivity contribution in [1.82, 2.24) is 0 Å². The largest absolute Gasteiger partial charge is 0.377 e. The summed E-state index contributed by atoms with van der Waals surface area (Å²) in [6.07, 6.45) is 0.471. The Labute approximate surface area is 184 Å². The number of benzene rings is 2. The summed E-state index contributed by atoms with van der Waals surface area (Å²) in [4.78, 5) is 28.0. The molecular formula is C23H29N3O4S. The lowest BCUT2D eigenvalue weighted by Gasteiger charge is -2.18. The number of amides is 2. The van der Waals surface area contributed by atoms with E-state index >= 15 is 0 Å². The number of anilines is 3. The molecule has 1 unspecified atom stereocenters. The molecule has 1 heterocycles. The van der Waals surface area contributed by atoms with E-state index in [1.165, 1.54) is 13.0 Å². The highest BCUT2D eigenvalue weighted by Crippen LogP contribution is 2.31. The van der Waals surface area contributed by atoms with Crippen molar-refractivity contribution in [2.45, 2.75) is 43.8 Å². The summed E-state index contributed by atoms with van der Waals surface area (Å²) in [6.45, 7) is 5.58. The fourth-order valence-electron chi connectivity index (χ4n) is 3.87. The van der Waals surface area contributed by atoms with E-state index in [0.717, 1.165) is 22.5 Å². The maximum atomic E-state index is 13.1. The van der Waals surface area contributed by atoms with Crippen LogP contribution in [0.25, 0.3) is 0 Å². The Balaban J connectivity index is 1.73. The molecule has 2 aromatic carbocycles. The molecule has 7 nitrogen and oxygen atoms in total. The number of sulfone groups is 1. The molecule has 8 heteroatoms. The number of hydrogen-bond donors (Lipinski definition) is 1. The first-order valence-corrected chi connectivity index (χ1v) is 11.8. The first-order valence-electron chi connectivity index (χ1n) is 10.2. The number of carbonyl (C=O) groups is 2. The molecule has 0 radical (unpaired) electrons. The molecule has 0 bridgehead atoms. The van der Waals surface area contributed by atoms with E-state index in [1.54, 1.807) is 30.0 Å². The van der Waals surface area contributed by atoms with Gasteiger partial charge in [-0.1, -0.05) is 6.07 Å². The van der Waals surface area contributed by atoms with Crippen molar-refractivity contribution in [3.63, 3.8) is 0 Å². The first-order chi connectivity index (χ1) is 14.5. The molecule has 0 aromatic heterocycles. The number of aryl methyl sites for hydroxylation is 1. The van der Waals surface area contributed by atoms with E-state index in [-0.39, 0.29) is 23.1 Å². The van der Waals surface area contributed by atoms with Gasteiger partial charge in [-0.2, -0.15) is 0 Å². The minimum atomic E-state index is -3.69. The number of hydrogen-bond acceptors (Lipinski definition) is 5. The fraction of sp³-hybridized carbons (Fsp3) is 0.391. The molecule has 2 aromatic rings. The minimum Gasteiger partial charge on any atom is -0.377 e.